The molecule has 1 heterocycles. The molecule has 1 aliphatic carbocycles. The fourth-order valence-corrected chi connectivity index (χ4v) is 3.62. The van der Waals surface area contributed by atoms with Crippen LogP contribution in [0, 0.1) is 17.8 Å². The van der Waals surface area contributed by atoms with E-state index in [0.717, 1.165) is 23.6 Å². The van der Waals surface area contributed by atoms with Crippen molar-refractivity contribution in [3.63, 3.8) is 0 Å². The highest BCUT2D eigenvalue weighted by Crippen LogP contribution is 2.36. The van der Waals surface area contributed by atoms with Crippen molar-refractivity contribution < 1.29 is 9.57 Å². The molecule has 124 valence electrons. The minimum atomic E-state index is -0.362. The zero-order valence-corrected chi connectivity index (χ0v) is 14.3. The number of nitrogens with zero attached hydrogens (tertiary/aromatic N) is 1. The van der Waals surface area contributed by atoms with Gasteiger partial charge in [-0.3, -0.25) is 0 Å². The molecule has 0 aromatic heterocycles. The second-order valence-electron chi connectivity index (χ2n) is 7.18. The first-order valence-corrected chi connectivity index (χ1v) is 8.76. The van der Waals surface area contributed by atoms with Crippen LogP contribution in [-0.4, -0.2) is 18.1 Å². The Morgan fingerprint density at radius 3 is 2.61 bits per heavy atom. The Bertz CT molecular complexity index is 564. The van der Waals surface area contributed by atoms with Gasteiger partial charge in [0, 0.05) is 5.56 Å². The lowest BCUT2D eigenvalue weighted by molar-refractivity contribution is -0.172. The molecule has 3 rings (SSSR count). The van der Waals surface area contributed by atoms with E-state index in [4.69, 9.17) is 9.57 Å². The lowest BCUT2D eigenvalue weighted by atomic mass is 9.75. The van der Waals surface area contributed by atoms with Crippen molar-refractivity contribution in [3.05, 3.63) is 48.0 Å². The van der Waals surface area contributed by atoms with E-state index >= 15 is 0 Å². The van der Waals surface area contributed by atoms with Crippen LogP contribution in [0.5, 0.6) is 0 Å². The van der Waals surface area contributed by atoms with Gasteiger partial charge >= 0.3 is 0 Å². The molecule has 2 aliphatic rings. The number of rotatable bonds is 4. The summed E-state index contributed by atoms with van der Waals surface area (Å²) in [4.78, 5) is 5.59. The third-order valence-corrected chi connectivity index (χ3v) is 5.01. The quantitative estimate of drug-likeness (QED) is 0.801. The Balaban J connectivity index is 1.61. The Hall–Kier alpha value is -1.61. The Kier molecular flexibility index (Phi) is 5.16. The number of hydrogen-bond acceptors (Lipinski definition) is 3. The maximum Gasteiger partial charge on any atom is 0.246 e. The monoisotopic (exact) mass is 313 g/mol. The molecule has 3 nitrogen and oxygen atoms in total. The van der Waals surface area contributed by atoms with Crippen LogP contribution in [0.25, 0.3) is 0 Å². The molecule has 1 aromatic carbocycles. The molecule has 0 amide bonds. The van der Waals surface area contributed by atoms with Crippen molar-refractivity contribution in [3.8, 4) is 0 Å². The Morgan fingerprint density at radius 2 is 1.96 bits per heavy atom. The maximum atomic E-state index is 6.24. The number of allylic oxidation sites excluding steroid dienone is 1. The number of oxime groups is 1. The molecule has 1 fully saturated rings. The molecular formula is C20H27NO2. The first-order chi connectivity index (χ1) is 11.1. The molecule has 0 radical (unpaired) electrons. The Labute approximate surface area is 139 Å². The minimum absolute atomic E-state index is 0.266. The first-order valence-electron chi connectivity index (χ1n) is 8.76. The number of benzene rings is 1. The van der Waals surface area contributed by atoms with Crippen LogP contribution in [0.4, 0.5) is 0 Å². The van der Waals surface area contributed by atoms with Gasteiger partial charge < -0.3 is 9.57 Å². The molecular weight excluding hydrogens is 286 g/mol. The third kappa shape index (κ3) is 4.03. The van der Waals surface area contributed by atoms with E-state index in [9.17, 15) is 0 Å². The van der Waals surface area contributed by atoms with Gasteiger partial charge in [0.1, 0.15) is 5.71 Å². The van der Waals surface area contributed by atoms with Crippen molar-refractivity contribution in [2.24, 2.45) is 22.9 Å². The van der Waals surface area contributed by atoms with Gasteiger partial charge in [0.25, 0.3) is 0 Å². The zero-order valence-electron chi connectivity index (χ0n) is 14.3. The van der Waals surface area contributed by atoms with E-state index in [1.54, 1.807) is 0 Å². The van der Waals surface area contributed by atoms with Crippen LogP contribution in [-0.2, 0) is 9.57 Å². The van der Waals surface area contributed by atoms with Crippen LogP contribution in [0.3, 0.4) is 0 Å². The normalized spacial score (nSPS) is 30.9. The highest BCUT2D eigenvalue weighted by atomic mass is 16.8. The summed E-state index contributed by atoms with van der Waals surface area (Å²) >= 11 is 0. The molecule has 1 aliphatic heterocycles. The highest BCUT2D eigenvalue weighted by Gasteiger charge is 2.33. The average molecular weight is 313 g/mol. The van der Waals surface area contributed by atoms with E-state index in [0.29, 0.717) is 11.8 Å². The molecule has 3 heteroatoms. The summed E-state index contributed by atoms with van der Waals surface area (Å²) in [6, 6.07) is 10.1. The summed E-state index contributed by atoms with van der Waals surface area (Å²) in [6.07, 6.45) is 7.55. The summed E-state index contributed by atoms with van der Waals surface area (Å²) in [5.74, 6) is 1.98. The lowest BCUT2D eigenvalue weighted by Gasteiger charge is -2.38. The lowest BCUT2D eigenvalue weighted by Crippen LogP contribution is -2.37. The van der Waals surface area contributed by atoms with Gasteiger partial charge in [0.2, 0.25) is 6.29 Å². The van der Waals surface area contributed by atoms with Gasteiger partial charge in [-0.1, -0.05) is 62.7 Å². The molecule has 1 saturated carbocycles. The van der Waals surface area contributed by atoms with Crippen molar-refractivity contribution in [1.82, 2.24) is 0 Å². The minimum Gasteiger partial charge on any atom is -0.359 e. The summed E-state index contributed by atoms with van der Waals surface area (Å²) in [6.45, 7) is 6.90. The van der Waals surface area contributed by atoms with Crippen molar-refractivity contribution in [2.45, 2.75) is 52.4 Å². The molecule has 4 atom stereocenters. The maximum absolute atomic E-state index is 6.24. The van der Waals surface area contributed by atoms with E-state index in [1.807, 2.05) is 42.5 Å². The summed E-state index contributed by atoms with van der Waals surface area (Å²) < 4.78 is 6.24. The van der Waals surface area contributed by atoms with Crippen molar-refractivity contribution in [2.75, 3.05) is 0 Å². The Morgan fingerprint density at radius 1 is 1.17 bits per heavy atom. The van der Waals surface area contributed by atoms with E-state index in [-0.39, 0.29) is 12.4 Å². The van der Waals surface area contributed by atoms with E-state index in [1.165, 1.54) is 12.8 Å². The molecule has 0 spiro atoms. The summed E-state index contributed by atoms with van der Waals surface area (Å²) in [5.41, 5.74) is 1.91. The number of ether oxygens (including phenoxy) is 1. The molecule has 0 unspecified atom stereocenters. The van der Waals surface area contributed by atoms with Gasteiger partial charge in [-0.15, -0.1) is 0 Å². The second-order valence-corrected chi connectivity index (χ2v) is 7.18. The fourth-order valence-electron chi connectivity index (χ4n) is 3.62. The predicted octanol–water partition coefficient (Wildman–Crippen LogP) is 4.78. The fraction of sp³-hybridized carbons (Fsp3) is 0.550. The van der Waals surface area contributed by atoms with E-state index in [2.05, 4.69) is 25.9 Å². The first kappa shape index (κ1) is 16.3. The highest BCUT2D eigenvalue weighted by molar-refractivity contribution is 6.08. The van der Waals surface area contributed by atoms with Gasteiger partial charge in [-0.2, -0.15) is 0 Å². The smallest absolute Gasteiger partial charge is 0.246 e. The average Bonchev–Trinajstić information content (AvgIpc) is 2.56. The van der Waals surface area contributed by atoms with Gasteiger partial charge in [-0.05, 0) is 42.7 Å². The molecule has 1 aromatic rings. The third-order valence-electron chi connectivity index (χ3n) is 5.01. The molecule has 0 N–H and O–H groups in total. The van der Waals surface area contributed by atoms with Gasteiger partial charge in [-0.25, -0.2) is 0 Å². The molecule has 0 saturated heterocycles. The van der Waals surface area contributed by atoms with Crippen LogP contribution in [0.1, 0.15) is 45.6 Å². The van der Waals surface area contributed by atoms with Crippen molar-refractivity contribution in [1.29, 1.82) is 0 Å². The van der Waals surface area contributed by atoms with E-state index < -0.39 is 0 Å². The predicted molar refractivity (Wildman–Crippen MR) is 93.2 cm³/mol. The molecule has 0 bridgehead atoms. The summed E-state index contributed by atoms with van der Waals surface area (Å²) in [7, 11) is 0. The largest absolute Gasteiger partial charge is 0.359 e. The standard InChI is InChI=1S/C20H27NO2/c1-14(2)17-10-9-15(3)13-19(17)22-20-12-11-18(21-23-20)16-7-5-4-6-8-16/h4-8,11-12,14-15,17,19-20H,9-10,13H2,1-3H3/t15-,17+,19-,20+/m1/s1. The van der Waals surface area contributed by atoms with Crippen LogP contribution >= 0.6 is 0 Å². The molecule has 23 heavy (non-hydrogen) atoms. The van der Waals surface area contributed by atoms with Crippen LogP contribution in [0.15, 0.2) is 47.6 Å². The second kappa shape index (κ2) is 7.31. The van der Waals surface area contributed by atoms with Gasteiger partial charge in [0.05, 0.1) is 6.10 Å². The van der Waals surface area contributed by atoms with Crippen molar-refractivity contribution >= 4 is 5.71 Å². The van der Waals surface area contributed by atoms with Crippen LogP contribution < -0.4 is 0 Å². The van der Waals surface area contributed by atoms with Gasteiger partial charge in [0.15, 0.2) is 0 Å². The topological polar surface area (TPSA) is 30.8 Å². The van der Waals surface area contributed by atoms with Crippen LogP contribution in [0.2, 0.25) is 0 Å². The SMILES string of the molecule is CC(C)[C@@H]1CC[C@@H](C)C[C@H]1O[C@@H]1C=CC(c2ccccc2)=NO1. The number of hydrogen-bond donors (Lipinski definition) is 0. The summed E-state index contributed by atoms with van der Waals surface area (Å²) in [5, 5.41) is 4.24. The zero-order chi connectivity index (χ0) is 16.2.